The van der Waals surface area contributed by atoms with Crippen molar-refractivity contribution in [1.82, 2.24) is 20.1 Å². The number of pyridine rings is 1. The molecule has 2 amide bonds. The molecule has 4 heterocycles. The molecular weight excluding hydrogens is 424 g/mol. The van der Waals surface area contributed by atoms with Crippen LogP contribution in [0.2, 0.25) is 0 Å². The molecule has 0 saturated carbocycles. The molecule has 0 spiro atoms. The minimum Gasteiger partial charge on any atom is -0.303 e. The van der Waals surface area contributed by atoms with E-state index in [2.05, 4.69) is 56.5 Å². The first kappa shape index (κ1) is 23.2. The van der Waals surface area contributed by atoms with Crippen molar-refractivity contribution in [2.24, 2.45) is 0 Å². The SMILES string of the molecule is O=C1CCC(c2ccc(CCN3CCC(N4CCC(c5cccnc5)CC4)CC3)cc2)C(=O)N1. The van der Waals surface area contributed by atoms with Crippen LogP contribution in [0.5, 0.6) is 0 Å². The van der Waals surface area contributed by atoms with Crippen molar-refractivity contribution in [3.8, 4) is 0 Å². The summed E-state index contributed by atoms with van der Waals surface area (Å²) in [5.41, 5.74) is 3.74. The van der Waals surface area contributed by atoms with Gasteiger partial charge >= 0.3 is 0 Å². The van der Waals surface area contributed by atoms with Crippen LogP contribution >= 0.6 is 0 Å². The number of nitrogens with one attached hydrogen (secondary N) is 1. The maximum absolute atomic E-state index is 12.1. The number of aromatic nitrogens is 1. The highest BCUT2D eigenvalue weighted by Crippen LogP contribution is 2.30. The fourth-order valence-corrected chi connectivity index (χ4v) is 5.94. The number of imide groups is 1. The van der Waals surface area contributed by atoms with Gasteiger partial charge in [0.15, 0.2) is 0 Å². The van der Waals surface area contributed by atoms with E-state index in [1.807, 2.05) is 12.4 Å². The van der Waals surface area contributed by atoms with Gasteiger partial charge in [-0.25, -0.2) is 0 Å². The van der Waals surface area contributed by atoms with Gasteiger partial charge in [0.25, 0.3) is 0 Å². The van der Waals surface area contributed by atoms with Crippen LogP contribution in [-0.2, 0) is 16.0 Å². The van der Waals surface area contributed by atoms with Gasteiger partial charge in [-0.3, -0.25) is 19.9 Å². The zero-order valence-electron chi connectivity index (χ0n) is 20.0. The summed E-state index contributed by atoms with van der Waals surface area (Å²) >= 11 is 0. The first-order chi connectivity index (χ1) is 16.7. The lowest BCUT2D eigenvalue weighted by atomic mass is 9.89. The molecule has 3 saturated heterocycles. The fourth-order valence-electron chi connectivity index (χ4n) is 5.94. The van der Waals surface area contributed by atoms with Crippen molar-refractivity contribution in [3.63, 3.8) is 0 Å². The lowest BCUT2D eigenvalue weighted by Gasteiger charge is -2.42. The number of amides is 2. The molecular formula is C28H36N4O2. The fraction of sp³-hybridized carbons (Fsp3) is 0.536. The third kappa shape index (κ3) is 5.56. The molecule has 6 heteroatoms. The van der Waals surface area contributed by atoms with Crippen LogP contribution in [-0.4, -0.2) is 65.4 Å². The van der Waals surface area contributed by atoms with E-state index in [0.29, 0.717) is 18.8 Å². The quantitative estimate of drug-likeness (QED) is 0.669. The largest absolute Gasteiger partial charge is 0.303 e. The molecule has 5 rings (SSSR count). The van der Waals surface area contributed by atoms with Gasteiger partial charge in [0.1, 0.15) is 0 Å². The van der Waals surface area contributed by atoms with E-state index in [1.54, 1.807) is 0 Å². The van der Waals surface area contributed by atoms with Crippen LogP contribution < -0.4 is 5.32 Å². The van der Waals surface area contributed by atoms with Gasteiger partial charge in [0.05, 0.1) is 5.92 Å². The smallest absolute Gasteiger partial charge is 0.234 e. The van der Waals surface area contributed by atoms with Gasteiger partial charge in [-0.2, -0.15) is 0 Å². The Morgan fingerprint density at radius 2 is 1.65 bits per heavy atom. The zero-order valence-corrected chi connectivity index (χ0v) is 20.0. The average molecular weight is 461 g/mol. The Hall–Kier alpha value is -2.57. The van der Waals surface area contributed by atoms with Crippen LogP contribution in [0.1, 0.15) is 67.1 Å². The van der Waals surface area contributed by atoms with Crippen LogP contribution in [0, 0.1) is 0 Å². The van der Waals surface area contributed by atoms with Gasteiger partial charge in [0, 0.05) is 31.4 Å². The zero-order chi connectivity index (χ0) is 23.3. The summed E-state index contributed by atoms with van der Waals surface area (Å²) in [6.07, 6.45) is 11.0. The Morgan fingerprint density at radius 1 is 0.882 bits per heavy atom. The van der Waals surface area contributed by atoms with Crippen molar-refractivity contribution in [1.29, 1.82) is 0 Å². The molecule has 6 nitrogen and oxygen atoms in total. The number of nitrogens with zero attached hydrogens (tertiary/aromatic N) is 3. The van der Waals surface area contributed by atoms with Crippen molar-refractivity contribution in [2.75, 3.05) is 32.7 Å². The number of piperidine rings is 3. The summed E-state index contributed by atoms with van der Waals surface area (Å²) in [4.78, 5) is 33.1. The Balaban J connectivity index is 1.04. The third-order valence-electron chi connectivity index (χ3n) is 8.10. The van der Waals surface area contributed by atoms with E-state index in [4.69, 9.17) is 0 Å². The number of carbonyl (C=O) groups is 2. The Bertz CT molecular complexity index is 962. The maximum atomic E-state index is 12.1. The first-order valence-corrected chi connectivity index (χ1v) is 12.9. The monoisotopic (exact) mass is 460 g/mol. The summed E-state index contributed by atoms with van der Waals surface area (Å²) in [5.74, 6) is 0.163. The summed E-state index contributed by atoms with van der Waals surface area (Å²) in [5, 5.41) is 2.46. The van der Waals surface area contributed by atoms with Crippen LogP contribution in [0.3, 0.4) is 0 Å². The maximum Gasteiger partial charge on any atom is 0.234 e. The van der Waals surface area contributed by atoms with E-state index in [0.717, 1.165) is 24.6 Å². The van der Waals surface area contributed by atoms with Gasteiger partial charge in [-0.15, -0.1) is 0 Å². The van der Waals surface area contributed by atoms with Gasteiger partial charge in [-0.05, 0) is 93.4 Å². The molecule has 1 aromatic heterocycles. The normalized spacial score (nSPS) is 23.7. The third-order valence-corrected chi connectivity index (χ3v) is 8.10. The number of carbonyl (C=O) groups excluding carboxylic acids is 2. The standard InChI is InChI=1S/C28H36N4O2/c33-27-8-7-26(28(34)30-27)23-5-3-21(4-6-23)9-15-31-16-12-25(13-17-31)32-18-10-22(11-19-32)24-2-1-14-29-20-24/h1-6,14,20,22,25-26H,7-13,15-19H2,(H,30,33,34). The number of likely N-dealkylation sites (tertiary alicyclic amines) is 2. The van der Waals surface area contributed by atoms with Gasteiger partial charge in [0.2, 0.25) is 11.8 Å². The predicted molar refractivity (Wildman–Crippen MR) is 133 cm³/mol. The Kier molecular flexibility index (Phi) is 7.36. The minimum absolute atomic E-state index is 0.157. The van der Waals surface area contributed by atoms with E-state index < -0.39 is 0 Å². The molecule has 180 valence electrons. The molecule has 1 unspecified atom stereocenters. The van der Waals surface area contributed by atoms with Crippen LogP contribution in [0.15, 0.2) is 48.8 Å². The molecule has 3 fully saturated rings. The van der Waals surface area contributed by atoms with E-state index in [1.165, 1.54) is 63.0 Å². The highest BCUT2D eigenvalue weighted by atomic mass is 16.2. The topological polar surface area (TPSA) is 65.5 Å². The second kappa shape index (κ2) is 10.8. The number of rotatable bonds is 6. The molecule has 34 heavy (non-hydrogen) atoms. The molecule has 1 atom stereocenters. The molecule has 3 aliphatic heterocycles. The summed E-state index contributed by atoms with van der Waals surface area (Å²) < 4.78 is 0. The Labute approximate surface area is 202 Å². The van der Waals surface area contributed by atoms with Crippen molar-refractivity contribution in [3.05, 3.63) is 65.5 Å². The average Bonchev–Trinajstić information content (AvgIpc) is 2.89. The number of hydrogen-bond acceptors (Lipinski definition) is 5. The van der Waals surface area contributed by atoms with E-state index in [9.17, 15) is 9.59 Å². The van der Waals surface area contributed by atoms with Crippen molar-refractivity contribution < 1.29 is 9.59 Å². The molecule has 1 N–H and O–H groups in total. The van der Waals surface area contributed by atoms with Crippen molar-refractivity contribution in [2.45, 2.75) is 62.8 Å². The van der Waals surface area contributed by atoms with Gasteiger partial charge < -0.3 is 9.80 Å². The van der Waals surface area contributed by atoms with E-state index >= 15 is 0 Å². The molecule has 2 aromatic rings. The molecule has 0 aliphatic carbocycles. The summed E-state index contributed by atoms with van der Waals surface area (Å²) in [7, 11) is 0. The molecule has 3 aliphatic rings. The molecule has 0 bridgehead atoms. The molecule has 0 radical (unpaired) electrons. The predicted octanol–water partition coefficient (Wildman–Crippen LogP) is 3.49. The number of benzene rings is 1. The molecule has 1 aromatic carbocycles. The second-order valence-corrected chi connectivity index (χ2v) is 10.2. The minimum atomic E-state index is -0.194. The summed E-state index contributed by atoms with van der Waals surface area (Å²) in [6.45, 7) is 5.88. The highest BCUT2D eigenvalue weighted by molar-refractivity contribution is 6.00. The van der Waals surface area contributed by atoms with E-state index in [-0.39, 0.29) is 17.7 Å². The van der Waals surface area contributed by atoms with Crippen LogP contribution in [0.25, 0.3) is 0 Å². The Morgan fingerprint density at radius 3 is 2.32 bits per heavy atom. The summed E-state index contributed by atoms with van der Waals surface area (Å²) in [6, 6.07) is 13.5. The first-order valence-electron chi connectivity index (χ1n) is 12.9. The van der Waals surface area contributed by atoms with Gasteiger partial charge in [-0.1, -0.05) is 30.3 Å². The lowest BCUT2D eigenvalue weighted by Crippen LogP contribution is -2.47. The van der Waals surface area contributed by atoms with Crippen LogP contribution in [0.4, 0.5) is 0 Å². The number of hydrogen-bond donors (Lipinski definition) is 1. The lowest BCUT2D eigenvalue weighted by molar-refractivity contribution is -0.134. The highest BCUT2D eigenvalue weighted by Gasteiger charge is 2.29. The second-order valence-electron chi connectivity index (χ2n) is 10.2. The van der Waals surface area contributed by atoms with Crippen molar-refractivity contribution >= 4 is 11.8 Å².